The molecule has 6 nitrogen and oxygen atoms in total. The molecular formula is C14H12BrN5O. The van der Waals surface area contributed by atoms with E-state index in [4.69, 9.17) is 0 Å². The number of hydrogen-bond donors (Lipinski definition) is 3. The Morgan fingerprint density at radius 3 is 3.05 bits per heavy atom. The van der Waals surface area contributed by atoms with Gasteiger partial charge in [0.05, 0.1) is 6.21 Å². The second kappa shape index (κ2) is 5.53. The van der Waals surface area contributed by atoms with Crippen molar-refractivity contribution >= 4 is 39.0 Å². The van der Waals surface area contributed by atoms with Gasteiger partial charge < -0.3 is 4.98 Å². The molecule has 0 bridgehead atoms. The number of anilines is 1. The van der Waals surface area contributed by atoms with Gasteiger partial charge in [-0.3, -0.25) is 9.78 Å². The predicted molar refractivity (Wildman–Crippen MR) is 86.8 cm³/mol. The van der Waals surface area contributed by atoms with Crippen molar-refractivity contribution in [3.63, 3.8) is 0 Å². The minimum Gasteiger partial charge on any atom is -0.361 e. The topological polar surface area (TPSA) is 85.9 Å². The van der Waals surface area contributed by atoms with Crippen LogP contribution >= 0.6 is 15.9 Å². The van der Waals surface area contributed by atoms with E-state index in [1.165, 1.54) is 6.07 Å². The summed E-state index contributed by atoms with van der Waals surface area (Å²) in [6.45, 7) is 1.75. The lowest BCUT2D eigenvalue weighted by molar-refractivity contribution is 1.04. The molecule has 0 unspecified atom stereocenters. The molecule has 106 valence electrons. The molecule has 2 heterocycles. The second-order valence-corrected chi connectivity index (χ2v) is 5.45. The summed E-state index contributed by atoms with van der Waals surface area (Å²) < 4.78 is 1.00. The smallest absolute Gasteiger partial charge is 0.252 e. The summed E-state index contributed by atoms with van der Waals surface area (Å²) in [5.74, 6) is 0.317. The Bertz CT molecular complexity index is 880. The van der Waals surface area contributed by atoms with Gasteiger partial charge in [-0.15, -0.1) is 0 Å². The van der Waals surface area contributed by atoms with Gasteiger partial charge >= 0.3 is 0 Å². The molecule has 3 N–H and O–H groups in total. The number of benzene rings is 1. The zero-order valence-electron chi connectivity index (χ0n) is 11.1. The fourth-order valence-electron chi connectivity index (χ4n) is 2.02. The van der Waals surface area contributed by atoms with Gasteiger partial charge in [0, 0.05) is 38.9 Å². The van der Waals surface area contributed by atoms with Crippen LogP contribution in [0.1, 0.15) is 11.3 Å². The van der Waals surface area contributed by atoms with Crippen molar-refractivity contribution in [1.29, 1.82) is 0 Å². The van der Waals surface area contributed by atoms with Crippen LogP contribution < -0.4 is 11.0 Å². The maximum Gasteiger partial charge on any atom is 0.252 e. The first-order valence-electron chi connectivity index (χ1n) is 6.25. The fraction of sp³-hybridized carbons (Fsp3) is 0.0714. The van der Waals surface area contributed by atoms with Gasteiger partial charge in [-0.1, -0.05) is 15.9 Å². The summed E-state index contributed by atoms with van der Waals surface area (Å²) in [7, 11) is 0. The largest absolute Gasteiger partial charge is 0.361 e. The lowest BCUT2D eigenvalue weighted by Crippen LogP contribution is -2.10. The molecule has 0 saturated carbocycles. The number of aromatic amines is 2. The van der Waals surface area contributed by atoms with Crippen LogP contribution in [-0.4, -0.2) is 21.2 Å². The number of halogens is 1. The lowest BCUT2D eigenvalue weighted by Gasteiger charge is -1.99. The molecule has 3 aromatic rings. The van der Waals surface area contributed by atoms with Crippen LogP contribution in [0.5, 0.6) is 0 Å². The number of hydrogen-bond acceptors (Lipinski definition) is 4. The third-order valence-electron chi connectivity index (χ3n) is 2.92. The molecule has 1 aromatic carbocycles. The van der Waals surface area contributed by atoms with Crippen molar-refractivity contribution in [3.05, 3.63) is 56.5 Å². The van der Waals surface area contributed by atoms with Crippen LogP contribution in [0.15, 0.2) is 44.8 Å². The highest BCUT2D eigenvalue weighted by Gasteiger charge is 2.02. The minimum atomic E-state index is -0.212. The molecular weight excluding hydrogens is 334 g/mol. The SMILES string of the molecule is Cc1cc(=O)[nH]c(N/N=C/c2c[nH]c3ccc(Br)cc23)n1. The van der Waals surface area contributed by atoms with Crippen molar-refractivity contribution in [3.8, 4) is 0 Å². The van der Waals surface area contributed by atoms with E-state index in [9.17, 15) is 4.79 Å². The maximum atomic E-state index is 11.3. The average molecular weight is 346 g/mol. The molecule has 0 aliphatic carbocycles. The van der Waals surface area contributed by atoms with Gasteiger partial charge in [-0.05, 0) is 25.1 Å². The van der Waals surface area contributed by atoms with E-state index >= 15 is 0 Å². The second-order valence-electron chi connectivity index (χ2n) is 4.54. The lowest BCUT2D eigenvalue weighted by atomic mass is 10.2. The number of nitrogens with zero attached hydrogens (tertiary/aromatic N) is 2. The van der Waals surface area contributed by atoms with Crippen LogP contribution in [-0.2, 0) is 0 Å². The number of rotatable bonds is 3. The van der Waals surface area contributed by atoms with Crippen LogP contribution in [0.3, 0.4) is 0 Å². The monoisotopic (exact) mass is 345 g/mol. The molecule has 0 amide bonds. The van der Waals surface area contributed by atoms with Gasteiger partial charge in [0.1, 0.15) is 0 Å². The number of aromatic nitrogens is 3. The van der Waals surface area contributed by atoms with Crippen LogP contribution in [0.2, 0.25) is 0 Å². The molecule has 3 rings (SSSR count). The maximum absolute atomic E-state index is 11.3. The van der Waals surface area contributed by atoms with Crippen LogP contribution in [0, 0.1) is 6.92 Å². The molecule has 0 atom stereocenters. The highest BCUT2D eigenvalue weighted by Crippen LogP contribution is 2.21. The molecule has 0 aliphatic heterocycles. The van der Waals surface area contributed by atoms with E-state index in [-0.39, 0.29) is 5.56 Å². The van der Waals surface area contributed by atoms with E-state index in [1.807, 2.05) is 24.4 Å². The van der Waals surface area contributed by atoms with Crippen molar-refractivity contribution in [1.82, 2.24) is 15.0 Å². The summed E-state index contributed by atoms with van der Waals surface area (Å²) in [5, 5.41) is 5.16. The molecule has 0 radical (unpaired) electrons. The fourth-order valence-corrected chi connectivity index (χ4v) is 2.38. The van der Waals surface area contributed by atoms with Crippen molar-refractivity contribution in [2.45, 2.75) is 6.92 Å². The van der Waals surface area contributed by atoms with E-state index in [0.29, 0.717) is 11.6 Å². The van der Waals surface area contributed by atoms with Gasteiger partial charge in [0.2, 0.25) is 5.95 Å². The number of aryl methyl sites for hydroxylation is 1. The van der Waals surface area contributed by atoms with E-state index in [2.05, 4.69) is 41.4 Å². The van der Waals surface area contributed by atoms with Crippen LogP contribution in [0.25, 0.3) is 10.9 Å². The van der Waals surface area contributed by atoms with Crippen molar-refractivity contribution in [2.75, 3.05) is 5.43 Å². The Kier molecular flexibility index (Phi) is 3.57. The van der Waals surface area contributed by atoms with Gasteiger partial charge in [0.15, 0.2) is 0 Å². The number of hydrazone groups is 1. The number of H-pyrrole nitrogens is 2. The molecule has 7 heteroatoms. The molecule has 0 saturated heterocycles. The summed E-state index contributed by atoms with van der Waals surface area (Å²) >= 11 is 3.45. The zero-order valence-corrected chi connectivity index (χ0v) is 12.7. The third kappa shape index (κ3) is 3.03. The number of nitrogens with one attached hydrogen (secondary N) is 3. The molecule has 0 fully saturated rings. The van der Waals surface area contributed by atoms with Gasteiger partial charge in [-0.25, -0.2) is 10.4 Å². The summed E-state index contributed by atoms with van der Waals surface area (Å²) in [6.07, 6.45) is 3.54. The van der Waals surface area contributed by atoms with E-state index in [0.717, 1.165) is 20.9 Å². The first-order valence-corrected chi connectivity index (χ1v) is 7.05. The molecule has 0 aliphatic rings. The molecule has 2 aromatic heterocycles. The van der Waals surface area contributed by atoms with E-state index < -0.39 is 0 Å². The highest BCUT2D eigenvalue weighted by molar-refractivity contribution is 9.10. The minimum absolute atomic E-state index is 0.212. The Morgan fingerprint density at radius 1 is 1.38 bits per heavy atom. The van der Waals surface area contributed by atoms with Gasteiger partial charge in [-0.2, -0.15) is 5.10 Å². The first kappa shape index (κ1) is 13.6. The normalized spacial score (nSPS) is 11.3. The Balaban J connectivity index is 1.84. The predicted octanol–water partition coefficient (Wildman–Crippen LogP) is 2.77. The van der Waals surface area contributed by atoms with Crippen molar-refractivity contribution < 1.29 is 0 Å². The Morgan fingerprint density at radius 2 is 2.24 bits per heavy atom. The highest BCUT2D eigenvalue weighted by atomic mass is 79.9. The van der Waals surface area contributed by atoms with Crippen molar-refractivity contribution in [2.24, 2.45) is 5.10 Å². The molecule has 0 spiro atoms. The Labute approximate surface area is 128 Å². The quantitative estimate of drug-likeness (QED) is 0.504. The molecule has 21 heavy (non-hydrogen) atoms. The average Bonchev–Trinajstić information content (AvgIpc) is 2.80. The van der Waals surface area contributed by atoms with Gasteiger partial charge in [0.25, 0.3) is 5.56 Å². The first-order chi connectivity index (χ1) is 10.1. The Hall–Kier alpha value is -2.41. The standard InChI is InChI=1S/C14H12BrN5O/c1-8-4-13(21)19-14(18-8)20-17-7-9-6-16-12-3-2-10(15)5-11(9)12/h2-7,16H,1H3,(H2,18,19,20,21)/b17-7+. The summed E-state index contributed by atoms with van der Waals surface area (Å²) in [5.41, 5.74) is 5.11. The third-order valence-corrected chi connectivity index (χ3v) is 3.41. The van der Waals surface area contributed by atoms with E-state index in [1.54, 1.807) is 13.1 Å². The number of fused-ring (bicyclic) bond motifs is 1. The summed E-state index contributed by atoms with van der Waals surface area (Å²) in [6, 6.07) is 7.40. The summed E-state index contributed by atoms with van der Waals surface area (Å²) in [4.78, 5) is 21.2. The van der Waals surface area contributed by atoms with Crippen LogP contribution in [0.4, 0.5) is 5.95 Å². The zero-order chi connectivity index (χ0) is 14.8.